The molecule has 0 radical (unpaired) electrons. The zero-order valence-corrected chi connectivity index (χ0v) is 10.9. The summed E-state index contributed by atoms with van der Waals surface area (Å²) in [6.45, 7) is 6.42. The van der Waals surface area contributed by atoms with Crippen LogP contribution in [0.25, 0.3) is 0 Å². The van der Waals surface area contributed by atoms with E-state index >= 15 is 0 Å². The number of amides is 1. The van der Waals surface area contributed by atoms with E-state index in [1.165, 1.54) is 6.42 Å². The van der Waals surface area contributed by atoms with E-state index in [4.69, 9.17) is 9.47 Å². The smallest absolute Gasteiger partial charge is 0.223 e. The number of hydrogen-bond acceptors (Lipinski definition) is 3. The van der Waals surface area contributed by atoms with Gasteiger partial charge in [-0.05, 0) is 33.1 Å². The summed E-state index contributed by atoms with van der Waals surface area (Å²) in [4.78, 5) is 13.7. The maximum absolute atomic E-state index is 11.7. The molecule has 0 aromatic rings. The van der Waals surface area contributed by atoms with Gasteiger partial charge in [0.15, 0.2) is 6.29 Å². The fourth-order valence-electron chi connectivity index (χ4n) is 2.51. The van der Waals surface area contributed by atoms with Gasteiger partial charge in [0.2, 0.25) is 5.91 Å². The SMILES string of the molecule is CC(C)N1CC(COC2CCCCO2)CC1=O. The van der Waals surface area contributed by atoms with Crippen molar-refractivity contribution in [1.82, 2.24) is 4.90 Å². The topological polar surface area (TPSA) is 38.8 Å². The monoisotopic (exact) mass is 241 g/mol. The Bertz CT molecular complexity index is 261. The second-order valence-corrected chi connectivity index (χ2v) is 5.34. The van der Waals surface area contributed by atoms with Gasteiger partial charge >= 0.3 is 0 Å². The first-order chi connectivity index (χ1) is 8.16. The van der Waals surface area contributed by atoms with Crippen LogP contribution < -0.4 is 0 Å². The summed E-state index contributed by atoms with van der Waals surface area (Å²) >= 11 is 0. The molecular formula is C13H23NO3. The lowest BCUT2D eigenvalue weighted by atomic mass is 10.1. The van der Waals surface area contributed by atoms with Crippen molar-refractivity contribution in [3.05, 3.63) is 0 Å². The molecule has 0 saturated carbocycles. The first-order valence-corrected chi connectivity index (χ1v) is 6.69. The van der Waals surface area contributed by atoms with Gasteiger partial charge in [0.25, 0.3) is 0 Å². The summed E-state index contributed by atoms with van der Waals surface area (Å²) in [7, 11) is 0. The molecule has 0 aromatic carbocycles. The molecule has 2 aliphatic rings. The van der Waals surface area contributed by atoms with Crippen LogP contribution in [0.5, 0.6) is 0 Å². The number of nitrogens with zero attached hydrogens (tertiary/aromatic N) is 1. The summed E-state index contributed by atoms with van der Waals surface area (Å²) in [5, 5.41) is 0. The molecule has 17 heavy (non-hydrogen) atoms. The predicted molar refractivity (Wildman–Crippen MR) is 64.5 cm³/mol. The lowest BCUT2D eigenvalue weighted by Crippen LogP contribution is -2.32. The van der Waals surface area contributed by atoms with E-state index in [0.29, 0.717) is 25.0 Å². The Labute approximate surface area is 103 Å². The molecule has 2 fully saturated rings. The molecule has 0 N–H and O–H groups in total. The van der Waals surface area contributed by atoms with Gasteiger partial charge in [-0.2, -0.15) is 0 Å². The number of hydrogen-bond donors (Lipinski definition) is 0. The molecule has 2 rings (SSSR count). The molecule has 0 aromatic heterocycles. The Hall–Kier alpha value is -0.610. The van der Waals surface area contributed by atoms with Crippen molar-refractivity contribution in [2.45, 2.75) is 51.9 Å². The summed E-state index contributed by atoms with van der Waals surface area (Å²) < 4.78 is 11.3. The Morgan fingerprint density at radius 2 is 2.29 bits per heavy atom. The second-order valence-electron chi connectivity index (χ2n) is 5.34. The highest BCUT2D eigenvalue weighted by Crippen LogP contribution is 2.22. The highest BCUT2D eigenvalue weighted by atomic mass is 16.7. The van der Waals surface area contributed by atoms with Crippen LogP contribution in [-0.4, -0.2) is 42.9 Å². The number of rotatable bonds is 4. The van der Waals surface area contributed by atoms with Gasteiger partial charge in [0.1, 0.15) is 0 Å². The molecule has 0 spiro atoms. The lowest BCUT2D eigenvalue weighted by Gasteiger charge is -2.24. The first kappa shape index (κ1) is 12.8. The third kappa shape index (κ3) is 3.42. The quantitative estimate of drug-likeness (QED) is 0.753. The fourth-order valence-corrected chi connectivity index (χ4v) is 2.51. The molecule has 2 saturated heterocycles. The second kappa shape index (κ2) is 5.83. The van der Waals surface area contributed by atoms with Gasteiger partial charge in [-0.1, -0.05) is 0 Å². The number of likely N-dealkylation sites (tertiary alicyclic amines) is 1. The van der Waals surface area contributed by atoms with Gasteiger partial charge in [-0.3, -0.25) is 4.79 Å². The van der Waals surface area contributed by atoms with Gasteiger partial charge in [0, 0.05) is 31.5 Å². The highest BCUT2D eigenvalue weighted by molar-refractivity contribution is 5.78. The van der Waals surface area contributed by atoms with Crippen molar-refractivity contribution in [2.24, 2.45) is 5.92 Å². The predicted octanol–water partition coefficient (Wildman–Crippen LogP) is 1.79. The van der Waals surface area contributed by atoms with Crippen molar-refractivity contribution in [3.8, 4) is 0 Å². The van der Waals surface area contributed by atoms with E-state index in [-0.39, 0.29) is 12.2 Å². The van der Waals surface area contributed by atoms with Crippen molar-refractivity contribution >= 4 is 5.91 Å². The van der Waals surface area contributed by atoms with Crippen LogP contribution in [0.15, 0.2) is 0 Å². The van der Waals surface area contributed by atoms with Crippen LogP contribution in [0.1, 0.15) is 39.5 Å². The molecule has 2 aliphatic heterocycles. The van der Waals surface area contributed by atoms with Crippen molar-refractivity contribution in [1.29, 1.82) is 0 Å². The van der Waals surface area contributed by atoms with E-state index in [9.17, 15) is 4.79 Å². The van der Waals surface area contributed by atoms with Crippen LogP contribution in [0.3, 0.4) is 0 Å². The molecule has 2 atom stereocenters. The lowest BCUT2D eigenvalue weighted by molar-refractivity contribution is -0.168. The van der Waals surface area contributed by atoms with Gasteiger partial charge < -0.3 is 14.4 Å². The van der Waals surface area contributed by atoms with E-state index in [0.717, 1.165) is 26.0 Å². The van der Waals surface area contributed by atoms with Gasteiger partial charge in [-0.15, -0.1) is 0 Å². The van der Waals surface area contributed by atoms with E-state index < -0.39 is 0 Å². The standard InChI is InChI=1S/C13H23NO3/c1-10(2)14-8-11(7-12(14)15)9-17-13-5-3-4-6-16-13/h10-11,13H,3-9H2,1-2H3. The Morgan fingerprint density at radius 1 is 1.47 bits per heavy atom. The molecule has 2 heterocycles. The molecule has 4 heteroatoms. The average molecular weight is 241 g/mol. The number of carbonyl (C=O) groups is 1. The minimum Gasteiger partial charge on any atom is -0.353 e. The average Bonchev–Trinajstić information content (AvgIpc) is 2.69. The van der Waals surface area contributed by atoms with Crippen LogP contribution in [0.4, 0.5) is 0 Å². The summed E-state index contributed by atoms with van der Waals surface area (Å²) in [5.41, 5.74) is 0. The van der Waals surface area contributed by atoms with Gasteiger partial charge in [-0.25, -0.2) is 0 Å². The van der Waals surface area contributed by atoms with E-state index in [1.54, 1.807) is 0 Å². The zero-order chi connectivity index (χ0) is 12.3. The van der Waals surface area contributed by atoms with Crippen LogP contribution in [0, 0.1) is 5.92 Å². The van der Waals surface area contributed by atoms with Crippen molar-refractivity contribution in [2.75, 3.05) is 19.8 Å². The minimum absolute atomic E-state index is 0.0352. The Kier molecular flexibility index (Phi) is 4.40. The Balaban J connectivity index is 1.71. The molecular weight excluding hydrogens is 218 g/mol. The van der Waals surface area contributed by atoms with Crippen molar-refractivity contribution < 1.29 is 14.3 Å². The summed E-state index contributed by atoms with van der Waals surface area (Å²) in [6, 6.07) is 0.304. The Morgan fingerprint density at radius 3 is 2.88 bits per heavy atom. The molecule has 1 amide bonds. The highest BCUT2D eigenvalue weighted by Gasteiger charge is 2.31. The molecule has 2 unspecified atom stereocenters. The van der Waals surface area contributed by atoms with Gasteiger partial charge in [0.05, 0.1) is 6.61 Å². The minimum atomic E-state index is -0.0352. The summed E-state index contributed by atoms with van der Waals surface area (Å²) in [5.74, 6) is 0.605. The van der Waals surface area contributed by atoms with Crippen LogP contribution in [0.2, 0.25) is 0 Å². The summed E-state index contributed by atoms with van der Waals surface area (Å²) in [6.07, 6.45) is 3.92. The molecule has 0 bridgehead atoms. The largest absolute Gasteiger partial charge is 0.353 e. The van der Waals surface area contributed by atoms with Crippen molar-refractivity contribution in [3.63, 3.8) is 0 Å². The van der Waals surface area contributed by atoms with Crippen LogP contribution in [-0.2, 0) is 14.3 Å². The molecule has 98 valence electrons. The number of ether oxygens (including phenoxy) is 2. The van der Waals surface area contributed by atoms with E-state index in [1.807, 2.05) is 4.90 Å². The fraction of sp³-hybridized carbons (Fsp3) is 0.923. The van der Waals surface area contributed by atoms with E-state index in [2.05, 4.69) is 13.8 Å². The molecule has 0 aliphatic carbocycles. The maximum Gasteiger partial charge on any atom is 0.223 e. The zero-order valence-electron chi connectivity index (χ0n) is 10.9. The third-order valence-electron chi connectivity index (χ3n) is 3.52. The normalized spacial score (nSPS) is 30.3. The number of carbonyl (C=O) groups excluding carboxylic acids is 1. The molecule has 4 nitrogen and oxygen atoms in total. The third-order valence-corrected chi connectivity index (χ3v) is 3.52. The maximum atomic E-state index is 11.7. The first-order valence-electron chi connectivity index (χ1n) is 6.69. The van der Waals surface area contributed by atoms with Crippen LogP contribution >= 0.6 is 0 Å².